The third-order valence-electron chi connectivity index (χ3n) is 2.18. The molecule has 0 unspecified atom stereocenters. The van der Waals surface area contributed by atoms with Crippen molar-refractivity contribution in [3.63, 3.8) is 0 Å². The van der Waals surface area contributed by atoms with Crippen molar-refractivity contribution in [3.8, 4) is 11.3 Å². The number of aromatic nitrogens is 2. The molecule has 0 saturated carbocycles. The molecule has 0 fully saturated rings. The molecule has 2 aromatic rings. The number of H-pyrrole nitrogens is 2. The molecule has 1 aromatic carbocycles. The first-order valence-electron chi connectivity index (χ1n) is 4.56. The fraction of sp³-hybridized carbons (Fsp3) is 0.0909. The zero-order valence-electron chi connectivity index (χ0n) is 8.20. The lowest BCUT2D eigenvalue weighted by Gasteiger charge is -1.99. The van der Waals surface area contributed by atoms with Gasteiger partial charge in [0.25, 0.3) is 5.56 Å². The number of ketones is 1. The number of benzene rings is 1. The molecule has 0 saturated heterocycles. The molecule has 0 aliphatic carbocycles. The van der Waals surface area contributed by atoms with Crippen molar-refractivity contribution in [1.82, 2.24) is 10.2 Å². The molecule has 0 aliphatic rings. The Bertz CT molecular complexity index is 551. The summed E-state index contributed by atoms with van der Waals surface area (Å²) in [4.78, 5) is 22.1. The fourth-order valence-electron chi connectivity index (χ4n) is 1.39. The molecule has 0 amide bonds. The largest absolute Gasteiger partial charge is 0.298 e. The summed E-state index contributed by atoms with van der Waals surface area (Å²) in [5.74, 6) is 0.00901. The van der Waals surface area contributed by atoms with Crippen molar-refractivity contribution in [1.29, 1.82) is 0 Å². The maximum atomic E-state index is 11.2. The topological polar surface area (TPSA) is 65.7 Å². The Balaban J connectivity index is 2.49. The molecule has 0 spiro atoms. The van der Waals surface area contributed by atoms with Crippen molar-refractivity contribution >= 4 is 5.78 Å². The Labute approximate surface area is 85.9 Å². The van der Waals surface area contributed by atoms with Gasteiger partial charge in [0.05, 0.1) is 5.69 Å². The van der Waals surface area contributed by atoms with Crippen LogP contribution in [-0.4, -0.2) is 16.0 Å². The predicted octanol–water partition coefficient (Wildman–Crippen LogP) is 1.57. The second-order valence-corrected chi connectivity index (χ2v) is 3.31. The Morgan fingerprint density at radius 1 is 1.20 bits per heavy atom. The molecule has 76 valence electrons. The van der Waals surface area contributed by atoms with Gasteiger partial charge < -0.3 is 0 Å². The van der Waals surface area contributed by atoms with Gasteiger partial charge in [0.1, 0.15) is 0 Å². The molecule has 0 atom stereocenters. The molecule has 2 rings (SSSR count). The van der Waals surface area contributed by atoms with E-state index in [1.165, 1.54) is 13.0 Å². The van der Waals surface area contributed by atoms with Gasteiger partial charge in [-0.1, -0.05) is 18.2 Å². The van der Waals surface area contributed by atoms with E-state index < -0.39 is 0 Å². The standard InChI is InChI=1S/C11H10N2O2/c1-7(14)8-3-2-4-9(5-8)10-6-11(15)13-12-10/h2-6H,1H3,(H2,12,13,15). The monoisotopic (exact) mass is 202 g/mol. The highest BCUT2D eigenvalue weighted by Gasteiger charge is 2.03. The highest BCUT2D eigenvalue weighted by atomic mass is 16.1. The molecule has 0 aliphatic heterocycles. The van der Waals surface area contributed by atoms with E-state index in [0.29, 0.717) is 11.3 Å². The van der Waals surface area contributed by atoms with Crippen molar-refractivity contribution in [3.05, 3.63) is 46.2 Å². The fourth-order valence-corrected chi connectivity index (χ4v) is 1.39. The van der Waals surface area contributed by atoms with E-state index in [-0.39, 0.29) is 11.3 Å². The van der Waals surface area contributed by atoms with Crippen LogP contribution in [0.2, 0.25) is 0 Å². The van der Waals surface area contributed by atoms with Crippen molar-refractivity contribution < 1.29 is 4.79 Å². The van der Waals surface area contributed by atoms with Crippen LogP contribution >= 0.6 is 0 Å². The summed E-state index contributed by atoms with van der Waals surface area (Å²) in [7, 11) is 0. The van der Waals surface area contributed by atoms with Crippen LogP contribution in [0.1, 0.15) is 17.3 Å². The smallest absolute Gasteiger partial charge is 0.264 e. The molecular formula is C11H10N2O2. The zero-order valence-corrected chi connectivity index (χ0v) is 8.20. The van der Waals surface area contributed by atoms with Gasteiger partial charge in [-0.15, -0.1) is 0 Å². The van der Waals surface area contributed by atoms with Gasteiger partial charge >= 0.3 is 0 Å². The molecule has 2 N–H and O–H groups in total. The molecule has 1 aromatic heterocycles. The van der Waals surface area contributed by atoms with Gasteiger partial charge in [0.2, 0.25) is 0 Å². The number of hydrogen-bond acceptors (Lipinski definition) is 2. The van der Waals surface area contributed by atoms with Crippen LogP contribution in [-0.2, 0) is 0 Å². The van der Waals surface area contributed by atoms with Crippen molar-refractivity contribution in [2.45, 2.75) is 6.92 Å². The molecule has 0 radical (unpaired) electrons. The number of carbonyl (C=O) groups excluding carboxylic acids is 1. The van der Waals surface area contributed by atoms with E-state index in [9.17, 15) is 9.59 Å². The number of rotatable bonds is 2. The summed E-state index contributed by atoms with van der Waals surface area (Å²) >= 11 is 0. The zero-order chi connectivity index (χ0) is 10.8. The molecule has 0 bridgehead atoms. The van der Waals surface area contributed by atoms with E-state index in [2.05, 4.69) is 10.2 Å². The second kappa shape index (κ2) is 3.57. The van der Waals surface area contributed by atoms with Crippen molar-refractivity contribution in [2.24, 2.45) is 0 Å². The minimum atomic E-state index is -0.182. The average molecular weight is 202 g/mol. The van der Waals surface area contributed by atoms with E-state index >= 15 is 0 Å². The molecule has 15 heavy (non-hydrogen) atoms. The van der Waals surface area contributed by atoms with E-state index in [1.54, 1.807) is 18.2 Å². The maximum absolute atomic E-state index is 11.2. The third-order valence-corrected chi connectivity index (χ3v) is 2.18. The first-order valence-corrected chi connectivity index (χ1v) is 4.56. The highest BCUT2D eigenvalue weighted by Crippen LogP contribution is 2.16. The molecule has 4 nitrogen and oxygen atoms in total. The Morgan fingerprint density at radius 3 is 2.60 bits per heavy atom. The van der Waals surface area contributed by atoms with Crippen LogP contribution in [0.4, 0.5) is 0 Å². The minimum absolute atomic E-state index is 0.00901. The minimum Gasteiger partial charge on any atom is -0.298 e. The maximum Gasteiger partial charge on any atom is 0.264 e. The van der Waals surface area contributed by atoms with Gasteiger partial charge in [-0.25, -0.2) is 0 Å². The van der Waals surface area contributed by atoms with Crippen LogP contribution in [0.5, 0.6) is 0 Å². The van der Waals surface area contributed by atoms with Gasteiger partial charge in [-0.2, -0.15) is 0 Å². The number of hydrogen-bond donors (Lipinski definition) is 2. The van der Waals surface area contributed by atoms with E-state index in [4.69, 9.17) is 0 Å². The predicted molar refractivity (Wildman–Crippen MR) is 56.9 cm³/mol. The lowest BCUT2D eigenvalue weighted by molar-refractivity contribution is 0.101. The number of nitrogens with one attached hydrogen (secondary N) is 2. The van der Waals surface area contributed by atoms with Gasteiger partial charge in [0, 0.05) is 17.2 Å². The first-order chi connectivity index (χ1) is 7.16. The normalized spacial score (nSPS) is 10.2. The number of carbonyl (C=O) groups is 1. The highest BCUT2D eigenvalue weighted by molar-refractivity contribution is 5.95. The van der Waals surface area contributed by atoms with Crippen LogP contribution < -0.4 is 5.56 Å². The molecule has 1 heterocycles. The van der Waals surface area contributed by atoms with Crippen LogP contribution in [0.15, 0.2) is 35.1 Å². The Morgan fingerprint density at radius 2 is 2.00 bits per heavy atom. The summed E-state index contributed by atoms with van der Waals surface area (Å²) < 4.78 is 0. The quantitative estimate of drug-likeness (QED) is 0.726. The molecular weight excluding hydrogens is 192 g/mol. The van der Waals surface area contributed by atoms with Crippen LogP contribution in [0.25, 0.3) is 11.3 Å². The van der Waals surface area contributed by atoms with E-state index in [1.807, 2.05) is 6.07 Å². The molecule has 4 heteroatoms. The number of Topliss-reactive ketones (excluding diaryl/α,β-unsaturated/α-hetero) is 1. The second-order valence-electron chi connectivity index (χ2n) is 3.31. The van der Waals surface area contributed by atoms with Crippen LogP contribution in [0.3, 0.4) is 0 Å². The number of aromatic amines is 2. The summed E-state index contributed by atoms with van der Waals surface area (Å²) in [5.41, 5.74) is 1.96. The van der Waals surface area contributed by atoms with Gasteiger partial charge in [-0.3, -0.25) is 19.8 Å². The lowest BCUT2D eigenvalue weighted by Crippen LogP contribution is -1.93. The van der Waals surface area contributed by atoms with Crippen LogP contribution in [0, 0.1) is 0 Å². The average Bonchev–Trinajstić information content (AvgIpc) is 2.65. The lowest BCUT2D eigenvalue weighted by atomic mass is 10.1. The van der Waals surface area contributed by atoms with Gasteiger partial charge in [-0.05, 0) is 13.0 Å². The summed E-state index contributed by atoms with van der Waals surface area (Å²) in [6.07, 6.45) is 0. The summed E-state index contributed by atoms with van der Waals surface area (Å²) in [6, 6.07) is 8.58. The van der Waals surface area contributed by atoms with Crippen molar-refractivity contribution in [2.75, 3.05) is 0 Å². The van der Waals surface area contributed by atoms with Gasteiger partial charge in [0.15, 0.2) is 5.78 Å². The Kier molecular flexibility index (Phi) is 2.25. The SMILES string of the molecule is CC(=O)c1cccc(-c2cc(=O)[nH][nH]2)c1. The summed E-state index contributed by atoms with van der Waals surface area (Å²) in [5, 5.41) is 5.19. The summed E-state index contributed by atoms with van der Waals surface area (Å²) in [6.45, 7) is 1.51. The Hall–Kier alpha value is -2.10. The van der Waals surface area contributed by atoms with E-state index in [0.717, 1.165) is 5.56 Å². The first kappa shape index (κ1) is 9.45. The third kappa shape index (κ3) is 1.88.